The molecule has 0 aromatic heterocycles. The Kier molecular flexibility index (Phi) is 23.5. The molecular formula is C10H18BaO4. The van der Waals surface area contributed by atoms with E-state index in [-0.39, 0.29) is 61.7 Å². The molecule has 0 saturated carbocycles. The molecule has 0 atom stereocenters. The predicted molar refractivity (Wildman–Crippen MR) is 54.8 cm³/mol. The van der Waals surface area contributed by atoms with Crippen molar-refractivity contribution < 1.29 is 19.8 Å². The van der Waals surface area contributed by atoms with Crippen LogP contribution in [-0.4, -0.2) is 60.8 Å². The Morgan fingerprint density at radius 2 is 1.13 bits per heavy atom. The molecule has 0 N–H and O–H groups in total. The molecule has 0 radical (unpaired) electrons. The summed E-state index contributed by atoms with van der Waals surface area (Å²) >= 11 is 0. The average molecular weight is 340 g/mol. The summed E-state index contributed by atoms with van der Waals surface area (Å²) in [6, 6.07) is 0. The fourth-order valence-corrected chi connectivity index (χ4v) is 0.642. The van der Waals surface area contributed by atoms with Gasteiger partial charge < -0.3 is 19.8 Å². The molecular weight excluding hydrogens is 321 g/mol. The Hall–Kier alpha value is 0.511. The zero-order valence-corrected chi connectivity index (χ0v) is 14.0. The first-order chi connectivity index (χ1) is 6.54. The normalized spacial score (nSPS) is 8.13. The fourth-order valence-electron chi connectivity index (χ4n) is 0.642. The monoisotopic (exact) mass is 340 g/mol. The van der Waals surface area contributed by atoms with Crippen LogP contribution in [0.3, 0.4) is 0 Å². The summed E-state index contributed by atoms with van der Waals surface area (Å²) in [5.74, 6) is -1.89. The maximum absolute atomic E-state index is 9.65. The van der Waals surface area contributed by atoms with Crippen LogP contribution in [0.5, 0.6) is 0 Å². The molecule has 0 heterocycles. The molecule has 15 heavy (non-hydrogen) atoms. The Morgan fingerprint density at radius 1 is 0.867 bits per heavy atom. The second kappa shape index (κ2) is 16.9. The molecule has 0 aliphatic rings. The van der Waals surface area contributed by atoms with E-state index in [1.165, 1.54) is 0 Å². The minimum Gasteiger partial charge on any atom is -0.550 e. The SMILES string of the molecule is CCCCC(=O)[O-].CCCCC(=O)[O-].[Ba+2]. The van der Waals surface area contributed by atoms with Crippen LogP contribution < -0.4 is 10.2 Å². The zero-order valence-electron chi connectivity index (χ0n) is 9.58. The van der Waals surface area contributed by atoms with Crippen molar-refractivity contribution in [2.45, 2.75) is 52.4 Å². The van der Waals surface area contributed by atoms with Crippen LogP contribution in [0.2, 0.25) is 0 Å². The van der Waals surface area contributed by atoms with Crippen molar-refractivity contribution in [2.24, 2.45) is 0 Å². The Morgan fingerprint density at radius 3 is 1.20 bits per heavy atom. The molecule has 0 saturated heterocycles. The molecule has 0 spiro atoms. The van der Waals surface area contributed by atoms with Gasteiger partial charge in [0.2, 0.25) is 0 Å². The first-order valence-corrected chi connectivity index (χ1v) is 4.94. The molecule has 0 unspecified atom stereocenters. The van der Waals surface area contributed by atoms with Crippen LogP contribution in [0.4, 0.5) is 0 Å². The van der Waals surface area contributed by atoms with E-state index in [2.05, 4.69) is 0 Å². The third-order valence-corrected chi connectivity index (χ3v) is 1.47. The van der Waals surface area contributed by atoms with Gasteiger partial charge in [0.05, 0.1) is 0 Å². The van der Waals surface area contributed by atoms with Crippen LogP contribution in [0, 0.1) is 0 Å². The maximum atomic E-state index is 9.65. The topological polar surface area (TPSA) is 80.3 Å². The van der Waals surface area contributed by atoms with Crippen LogP contribution in [0.15, 0.2) is 0 Å². The van der Waals surface area contributed by atoms with Crippen molar-refractivity contribution in [3.63, 3.8) is 0 Å². The van der Waals surface area contributed by atoms with Gasteiger partial charge in [-0.1, -0.05) is 26.7 Å². The predicted octanol–water partition coefficient (Wildman–Crippen LogP) is -0.528. The molecule has 4 nitrogen and oxygen atoms in total. The van der Waals surface area contributed by atoms with Crippen LogP contribution in [0.1, 0.15) is 52.4 Å². The quantitative estimate of drug-likeness (QED) is 0.610. The Bertz CT molecular complexity index is 142. The van der Waals surface area contributed by atoms with Gasteiger partial charge in [-0.05, 0) is 25.7 Å². The van der Waals surface area contributed by atoms with E-state index in [1.807, 2.05) is 13.8 Å². The van der Waals surface area contributed by atoms with E-state index < -0.39 is 11.9 Å². The van der Waals surface area contributed by atoms with Gasteiger partial charge in [-0.25, -0.2) is 0 Å². The molecule has 0 amide bonds. The van der Waals surface area contributed by atoms with Gasteiger partial charge >= 0.3 is 48.9 Å². The van der Waals surface area contributed by atoms with E-state index in [4.69, 9.17) is 0 Å². The molecule has 84 valence electrons. The summed E-state index contributed by atoms with van der Waals surface area (Å²) in [7, 11) is 0. The number of aliphatic carboxylic acids is 2. The van der Waals surface area contributed by atoms with Gasteiger partial charge in [0.1, 0.15) is 0 Å². The third-order valence-electron chi connectivity index (χ3n) is 1.47. The third kappa shape index (κ3) is 31.4. The zero-order chi connectivity index (χ0) is 11.4. The molecule has 0 fully saturated rings. The summed E-state index contributed by atoms with van der Waals surface area (Å²) in [4.78, 5) is 19.3. The molecule has 0 aromatic rings. The first kappa shape index (κ1) is 20.9. The standard InChI is InChI=1S/2C5H10O2.Ba/c2*1-2-3-4-5(6)7;/h2*2-4H2,1H3,(H,6,7);/q;;+2/p-2. The maximum Gasteiger partial charge on any atom is 2.00 e. The first-order valence-electron chi connectivity index (χ1n) is 4.94. The number of hydrogen-bond acceptors (Lipinski definition) is 4. The van der Waals surface area contributed by atoms with Crippen LogP contribution in [-0.2, 0) is 9.59 Å². The largest absolute Gasteiger partial charge is 2.00 e. The van der Waals surface area contributed by atoms with E-state index >= 15 is 0 Å². The number of carboxylic acid groups (broad SMARTS) is 2. The van der Waals surface area contributed by atoms with Gasteiger partial charge in [-0.3, -0.25) is 0 Å². The average Bonchev–Trinajstić information content (AvgIpc) is 2.12. The number of carboxylic acids is 2. The van der Waals surface area contributed by atoms with Gasteiger partial charge in [0, 0.05) is 11.9 Å². The van der Waals surface area contributed by atoms with Crippen LogP contribution in [0.25, 0.3) is 0 Å². The van der Waals surface area contributed by atoms with Crippen molar-refractivity contribution in [2.75, 3.05) is 0 Å². The van der Waals surface area contributed by atoms with E-state index in [9.17, 15) is 19.8 Å². The number of unbranched alkanes of at least 4 members (excludes halogenated alkanes) is 2. The van der Waals surface area contributed by atoms with Crippen molar-refractivity contribution in [1.29, 1.82) is 0 Å². The number of carbonyl (C=O) groups excluding carboxylic acids is 2. The molecule has 0 aliphatic carbocycles. The minimum atomic E-state index is -0.943. The molecule has 0 aromatic carbocycles. The van der Waals surface area contributed by atoms with Crippen LogP contribution >= 0.6 is 0 Å². The van der Waals surface area contributed by atoms with Gasteiger partial charge in [0.25, 0.3) is 0 Å². The number of carbonyl (C=O) groups is 2. The number of rotatable bonds is 6. The molecule has 0 bridgehead atoms. The van der Waals surface area contributed by atoms with Crippen molar-refractivity contribution >= 4 is 60.8 Å². The van der Waals surface area contributed by atoms with Crippen molar-refractivity contribution in [3.05, 3.63) is 0 Å². The molecule has 0 rings (SSSR count). The summed E-state index contributed by atoms with van der Waals surface area (Å²) in [5, 5.41) is 19.3. The number of hydrogen-bond donors (Lipinski definition) is 0. The minimum absolute atomic E-state index is 0. The fraction of sp³-hybridized carbons (Fsp3) is 0.800. The van der Waals surface area contributed by atoms with E-state index in [0.29, 0.717) is 0 Å². The summed E-state index contributed by atoms with van der Waals surface area (Å²) < 4.78 is 0. The summed E-state index contributed by atoms with van der Waals surface area (Å²) in [6.45, 7) is 3.89. The van der Waals surface area contributed by atoms with Gasteiger partial charge in [-0.2, -0.15) is 0 Å². The van der Waals surface area contributed by atoms with Crippen molar-refractivity contribution in [1.82, 2.24) is 0 Å². The smallest absolute Gasteiger partial charge is 0.550 e. The summed E-state index contributed by atoms with van der Waals surface area (Å²) in [5.41, 5.74) is 0. The van der Waals surface area contributed by atoms with E-state index in [0.717, 1.165) is 25.7 Å². The molecule has 0 aliphatic heterocycles. The Labute approximate surface area is 132 Å². The van der Waals surface area contributed by atoms with Gasteiger partial charge in [-0.15, -0.1) is 0 Å². The molecule has 5 heteroatoms. The van der Waals surface area contributed by atoms with Crippen molar-refractivity contribution in [3.8, 4) is 0 Å². The second-order valence-electron chi connectivity index (χ2n) is 2.95. The Balaban J connectivity index is -0.000000180. The van der Waals surface area contributed by atoms with E-state index in [1.54, 1.807) is 0 Å². The second-order valence-corrected chi connectivity index (χ2v) is 2.95. The summed E-state index contributed by atoms with van der Waals surface area (Å²) in [6.07, 6.45) is 3.74. The van der Waals surface area contributed by atoms with Gasteiger partial charge in [0.15, 0.2) is 0 Å².